The summed E-state index contributed by atoms with van der Waals surface area (Å²) in [6.45, 7) is 8.86. The third kappa shape index (κ3) is 3.68. The van der Waals surface area contributed by atoms with E-state index in [2.05, 4.69) is 27.4 Å². The highest BCUT2D eigenvalue weighted by molar-refractivity contribution is 5.76. The fourth-order valence-electron chi connectivity index (χ4n) is 2.32. The van der Waals surface area contributed by atoms with Gasteiger partial charge in [-0.1, -0.05) is 6.92 Å². The fraction of sp³-hybridized carbons (Fsp3) is 0.571. The number of nitrogens with one attached hydrogen (secondary N) is 1. The number of hydrogen-bond acceptors (Lipinski definition) is 4. The van der Waals surface area contributed by atoms with Crippen molar-refractivity contribution in [2.24, 2.45) is 0 Å². The first-order valence-electron chi connectivity index (χ1n) is 7.19. The van der Waals surface area contributed by atoms with Crippen LogP contribution in [0.1, 0.15) is 43.5 Å². The standard InChI is InChI=1S/C14H22N6O/c1-5-6-19-14(15-9-16-19)12(4)17-13(21)8-20-11(3)7-10(2)18-20/h7,9,12H,5-6,8H2,1-4H3,(H,17,21). The van der Waals surface area contributed by atoms with Crippen LogP contribution in [0.2, 0.25) is 0 Å². The molecule has 0 aliphatic heterocycles. The van der Waals surface area contributed by atoms with Crippen molar-refractivity contribution in [1.29, 1.82) is 0 Å². The van der Waals surface area contributed by atoms with Crippen molar-refractivity contribution in [3.63, 3.8) is 0 Å². The van der Waals surface area contributed by atoms with Gasteiger partial charge >= 0.3 is 0 Å². The number of aryl methyl sites for hydroxylation is 3. The number of hydrogen-bond donors (Lipinski definition) is 1. The fourth-order valence-corrected chi connectivity index (χ4v) is 2.32. The van der Waals surface area contributed by atoms with E-state index in [1.54, 1.807) is 4.68 Å². The number of carbonyl (C=O) groups excluding carboxylic acids is 1. The van der Waals surface area contributed by atoms with Gasteiger partial charge in [0, 0.05) is 12.2 Å². The van der Waals surface area contributed by atoms with Crippen molar-refractivity contribution in [3.05, 3.63) is 29.6 Å². The summed E-state index contributed by atoms with van der Waals surface area (Å²) in [4.78, 5) is 16.4. The molecule has 2 heterocycles. The Hall–Kier alpha value is -2.18. The second kappa shape index (κ2) is 6.51. The largest absolute Gasteiger partial charge is 0.345 e. The molecule has 0 spiro atoms. The minimum Gasteiger partial charge on any atom is -0.345 e. The smallest absolute Gasteiger partial charge is 0.242 e. The van der Waals surface area contributed by atoms with Gasteiger partial charge < -0.3 is 5.32 Å². The molecule has 0 radical (unpaired) electrons. The first-order chi connectivity index (χ1) is 10.0. The Morgan fingerprint density at radius 1 is 1.38 bits per heavy atom. The van der Waals surface area contributed by atoms with Crippen LogP contribution < -0.4 is 5.32 Å². The van der Waals surface area contributed by atoms with Gasteiger partial charge in [0.25, 0.3) is 0 Å². The predicted octanol–water partition coefficient (Wildman–Crippen LogP) is 1.38. The van der Waals surface area contributed by atoms with Gasteiger partial charge in [-0.15, -0.1) is 0 Å². The summed E-state index contributed by atoms with van der Waals surface area (Å²) < 4.78 is 3.53. The lowest BCUT2D eigenvalue weighted by Crippen LogP contribution is -2.32. The Labute approximate surface area is 124 Å². The van der Waals surface area contributed by atoms with Crippen LogP contribution in [0.15, 0.2) is 12.4 Å². The van der Waals surface area contributed by atoms with Gasteiger partial charge in [0.05, 0.1) is 11.7 Å². The molecule has 0 saturated heterocycles. The lowest BCUT2D eigenvalue weighted by Gasteiger charge is -2.14. The molecule has 0 aliphatic rings. The molecule has 114 valence electrons. The van der Waals surface area contributed by atoms with Crippen LogP contribution in [0.4, 0.5) is 0 Å². The Kier molecular flexibility index (Phi) is 4.72. The molecule has 7 heteroatoms. The number of carbonyl (C=O) groups is 1. The van der Waals surface area contributed by atoms with Gasteiger partial charge in [-0.2, -0.15) is 10.2 Å². The van der Waals surface area contributed by atoms with E-state index < -0.39 is 0 Å². The molecular weight excluding hydrogens is 268 g/mol. The molecule has 21 heavy (non-hydrogen) atoms. The number of nitrogens with zero attached hydrogens (tertiary/aromatic N) is 5. The lowest BCUT2D eigenvalue weighted by molar-refractivity contribution is -0.122. The van der Waals surface area contributed by atoms with Crippen LogP contribution in [0.25, 0.3) is 0 Å². The topological polar surface area (TPSA) is 77.6 Å². The van der Waals surface area contributed by atoms with Crippen LogP contribution in [-0.2, 0) is 17.9 Å². The quantitative estimate of drug-likeness (QED) is 0.872. The molecule has 0 aliphatic carbocycles. The number of amides is 1. The van der Waals surface area contributed by atoms with E-state index in [4.69, 9.17) is 0 Å². The van der Waals surface area contributed by atoms with E-state index in [0.29, 0.717) is 0 Å². The molecule has 1 N–H and O–H groups in total. The first-order valence-corrected chi connectivity index (χ1v) is 7.19. The summed E-state index contributed by atoms with van der Waals surface area (Å²) in [5, 5.41) is 11.4. The van der Waals surface area contributed by atoms with E-state index >= 15 is 0 Å². The van der Waals surface area contributed by atoms with Crippen molar-refractivity contribution < 1.29 is 4.79 Å². The molecule has 0 aromatic carbocycles. The Morgan fingerprint density at radius 2 is 2.14 bits per heavy atom. The SMILES string of the molecule is CCCn1ncnc1C(C)NC(=O)Cn1nc(C)cc1C. The second-order valence-electron chi connectivity index (χ2n) is 5.22. The van der Waals surface area contributed by atoms with E-state index in [1.165, 1.54) is 6.33 Å². The summed E-state index contributed by atoms with van der Waals surface area (Å²) in [5.41, 5.74) is 1.89. The third-order valence-electron chi connectivity index (χ3n) is 3.24. The zero-order valence-corrected chi connectivity index (χ0v) is 13.0. The summed E-state index contributed by atoms with van der Waals surface area (Å²) in [7, 11) is 0. The maximum absolute atomic E-state index is 12.1. The molecule has 2 rings (SSSR count). The van der Waals surface area contributed by atoms with Gasteiger partial charge in [-0.05, 0) is 33.3 Å². The van der Waals surface area contributed by atoms with Crippen LogP contribution in [0.3, 0.4) is 0 Å². The molecular formula is C14H22N6O. The van der Waals surface area contributed by atoms with Crippen molar-refractivity contribution in [1.82, 2.24) is 29.9 Å². The van der Waals surface area contributed by atoms with E-state index in [9.17, 15) is 4.79 Å². The van der Waals surface area contributed by atoms with Gasteiger partial charge in [-0.25, -0.2) is 9.67 Å². The molecule has 2 aromatic heterocycles. The number of aromatic nitrogens is 5. The Balaban J connectivity index is 1.98. The van der Waals surface area contributed by atoms with Crippen molar-refractivity contribution in [2.45, 2.75) is 53.2 Å². The van der Waals surface area contributed by atoms with Gasteiger partial charge in [0.1, 0.15) is 18.7 Å². The van der Waals surface area contributed by atoms with Crippen molar-refractivity contribution in [2.75, 3.05) is 0 Å². The normalized spacial score (nSPS) is 12.4. The van der Waals surface area contributed by atoms with Crippen LogP contribution in [0, 0.1) is 13.8 Å². The van der Waals surface area contributed by atoms with Crippen molar-refractivity contribution in [3.8, 4) is 0 Å². The van der Waals surface area contributed by atoms with Crippen molar-refractivity contribution >= 4 is 5.91 Å². The first kappa shape index (κ1) is 15.2. The highest BCUT2D eigenvalue weighted by Crippen LogP contribution is 2.09. The molecule has 1 unspecified atom stereocenters. The van der Waals surface area contributed by atoms with Gasteiger partial charge in [0.15, 0.2) is 0 Å². The second-order valence-corrected chi connectivity index (χ2v) is 5.22. The summed E-state index contributed by atoms with van der Waals surface area (Å²) in [6, 6.07) is 1.78. The van der Waals surface area contributed by atoms with Crippen LogP contribution >= 0.6 is 0 Å². The molecule has 2 aromatic rings. The lowest BCUT2D eigenvalue weighted by atomic mass is 10.3. The average molecular weight is 290 g/mol. The average Bonchev–Trinajstić information content (AvgIpc) is 2.97. The van der Waals surface area contributed by atoms with Gasteiger partial charge in [0.2, 0.25) is 5.91 Å². The van der Waals surface area contributed by atoms with Crippen LogP contribution in [-0.4, -0.2) is 30.5 Å². The van der Waals surface area contributed by atoms with Crippen LogP contribution in [0.5, 0.6) is 0 Å². The van der Waals surface area contributed by atoms with E-state index in [1.807, 2.05) is 31.5 Å². The van der Waals surface area contributed by atoms with E-state index in [-0.39, 0.29) is 18.5 Å². The maximum Gasteiger partial charge on any atom is 0.242 e. The summed E-state index contributed by atoms with van der Waals surface area (Å²) >= 11 is 0. The summed E-state index contributed by atoms with van der Waals surface area (Å²) in [6.07, 6.45) is 2.50. The maximum atomic E-state index is 12.1. The number of rotatable bonds is 6. The van der Waals surface area contributed by atoms with E-state index in [0.717, 1.165) is 30.2 Å². The highest BCUT2D eigenvalue weighted by Gasteiger charge is 2.16. The summed E-state index contributed by atoms with van der Waals surface area (Å²) in [5.74, 6) is 0.693. The minimum absolute atomic E-state index is 0.0836. The highest BCUT2D eigenvalue weighted by atomic mass is 16.2. The molecule has 0 fully saturated rings. The predicted molar refractivity (Wildman–Crippen MR) is 78.6 cm³/mol. The molecule has 0 bridgehead atoms. The zero-order valence-electron chi connectivity index (χ0n) is 13.0. The zero-order chi connectivity index (χ0) is 15.4. The third-order valence-corrected chi connectivity index (χ3v) is 3.24. The Morgan fingerprint density at radius 3 is 2.76 bits per heavy atom. The molecule has 0 saturated carbocycles. The molecule has 1 amide bonds. The minimum atomic E-state index is -0.177. The monoisotopic (exact) mass is 290 g/mol. The van der Waals surface area contributed by atoms with Gasteiger partial charge in [-0.3, -0.25) is 9.48 Å². The molecule has 7 nitrogen and oxygen atoms in total. The Bertz CT molecular complexity index is 615. The molecule has 1 atom stereocenters.